The number of aromatic amines is 1. The average Bonchev–Trinajstić information content (AvgIpc) is 3.05. The number of nitrogens with zero attached hydrogens (tertiary/aromatic N) is 2. The fourth-order valence-corrected chi connectivity index (χ4v) is 3.13. The second kappa shape index (κ2) is 5.39. The summed E-state index contributed by atoms with van der Waals surface area (Å²) in [5.74, 6) is -0.0932. The highest BCUT2D eigenvalue weighted by Gasteiger charge is 2.34. The van der Waals surface area contributed by atoms with Gasteiger partial charge in [0.25, 0.3) is 11.8 Å². The molecule has 1 atom stereocenters. The normalized spacial score (nSPS) is 24.2. The van der Waals surface area contributed by atoms with Crippen LogP contribution in [0.5, 0.6) is 0 Å². The molecule has 0 bridgehead atoms. The molecule has 1 saturated heterocycles. The summed E-state index contributed by atoms with van der Waals surface area (Å²) in [6.45, 7) is 1.76. The first kappa shape index (κ1) is 13.8. The summed E-state index contributed by atoms with van der Waals surface area (Å²) < 4.78 is 5.48. The Labute approximate surface area is 128 Å². The van der Waals surface area contributed by atoms with Crippen LogP contribution in [0.2, 0.25) is 0 Å². The smallest absolute Gasteiger partial charge is 0.272 e. The van der Waals surface area contributed by atoms with E-state index in [0.717, 1.165) is 36.9 Å². The van der Waals surface area contributed by atoms with Gasteiger partial charge in [-0.25, -0.2) is 0 Å². The van der Waals surface area contributed by atoms with Gasteiger partial charge in [0, 0.05) is 43.4 Å². The largest absolute Gasteiger partial charge is 0.368 e. The number of aromatic nitrogens is 2. The summed E-state index contributed by atoms with van der Waals surface area (Å²) in [5, 5.41) is 10.1. The highest BCUT2D eigenvalue weighted by atomic mass is 16.5. The van der Waals surface area contributed by atoms with Crippen molar-refractivity contribution in [1.82, 2.24) is 20.4 Å². The van der Waals surface area contributed by atoms with E-state index in [0.29, 0.717) is 37.9 Å². The van der Waals surface area contributed by atoms with Gasteiger partial charge in [0.1, 0.15) is 6.10 Å². The summed E-state index contributed by atoms with van der Waals surface area (Å²) in [5.41, 5.74) is 2.26. The number of carbonyl (C=O) groups is 2. The van der Waals surface area contributed by atoms with Crippen molar-refractivity contribution in [2.75, 3.05) is 13.2 Å². The number of fused-ring (bicyclic) bond motifs is 1. The van der Waals surface area contributed by atoms with Gasteiger partial charge in [-0.2, -0.15) is 5.10 Å². The highest BCUT2D eigenvalue weighted by molar-refractivity contribution is 5.94. The first-order valence-electron chi connectivity index (χ1n) is 8.00. The van der Waals surface area contributed by atoms with E-state index in [1.807, 2.05) is 0 Å². The molecular weight excluding hydrogens is 284 g/mol. The Kier molecular flexibility index (Phi) is 3.37. The van der Waals surface area contributed by atoms with Crippen molar-refractivity contribution in [3.63, 3.8) is 0 Å². The molecule has 7 heteroatoms. The number of carbonyl (C=O) groups excluding carboxylic acids is 2. The van der Waals surface area contributed by atoms with Crippen LogP contribution in [0.25, 0.3) is 0 Å². The van der Waals surface area contributed by atoms with E-state index >= 15 is 0 Å². The Morgan fingerprint density at radius 2 is 2.18 bits per heavy atom. The molecule has 1 aliphatic carbocycles. The number of hydrogen-bond acceptors (Lipinski definition) is 4. The third kappa shape index (κ3) is 2.49. The summed E-state index contributed by atoms with van der Waals surface area (Å²) >= 11 is 0. The van der Waals surface area contributed by atoms with E-state index < -0.39 is 0 Å². The van der Waals surface area contributed by atoms with Gasteiger partial charge < -0.3 is 15.0 Å². The molecular formula is C15H20N4O3. The lowest BCUT2D eigenvalue weighted by atomic mass is 10.0. The van der Waals surface area contributed by atoms with E-state index in [9.17, 15) is 9.59 Å². The maximum absolute atomic E-state index is 12.5. The van der Waals surface area contributed by atoms with Gasteiger partial charge in [-0.3, -0.25) is 14.7 Å². The lowest BCUT2D eigenvalue weighted by molar-refractivity contribution is -0.141. The van der Waals surface area contributed by atoms with Crippen LogP contribution in [0.4, 0.5) is 0 Å². The van der Waals surface area contributed by atoms with Crippen LogP contribution in [0.1, 0.15) is 47.4 Å². The highest BCUT2D eigenvalue weighted by Crippen LogP contribution is 2.25. The van der Waals surface area contributed by atoms with Gasteiger partial charge in [0.15, 0.2) is 5.69 Å². The van der Waals surface area contributed by atoms with Crippen LogP contribution in [0.15, 0.2) is 0 Å². The van der Waals surface area contributed by atoms with Crippen LogP contribution in [0, 0.1) is 0 Å². The maximum atomic E-state index is 12.5. The average molecular weight is 304 g/mol. The zero-order valence-electron chi connectivity index (χ0n) is 12.4. The van der Waals surface area contributed by atoms with E-state index in [1.165, 1.54) is 0 Å². The summed E-state index contributed by atoms with van der Waals surface area (Å²) in [7, 11) is 0. The SMILES string of the molecule is O=C(NC1CC1)c1n[nH]c2c1CN(C(=O)C1CCCO1)CC2. The van der Waals surface area contributed by atoms with Gasteiger partial charge in [-0.05, 0) is 25.7 Å². The first-order valence-corrected chi connectivity index (χ1v) is 8.00. The molecule has 3 aliphatic rings. The number of H-pyrrole nitrogens is 1. The van der Waals surface area contributed by atoms with Crippen molar-refractivity contribution in [2.45, 2.75) is 50.8 Å². The molecule has 4 rings (SSSR count). The molecule has 2 fully saturated rings. The minimum Gasteiger partial charge on any atom is -0.368 e. The second-order valence-corrected chi connectivity index (χ2v) is 6.29. The van der Waals surface area contributed by atoms with Crippen molar-refractivity contribution >= 4 is 11.8 Å². The van der Waals surface area contributed by atoms with Crippen LogP contribution >= 0.6 is 0 Å². The minimum atomic E-state index is -0.308. The first-order chi connectivity index (χ1) is 10.7. The van der Waals surface area contributed by atoms with Gasteiger partial charge in [-0.15, -0.1) is 0 Å². The molecule has 2 N–H and O–H groups in total. The number of nitrogens with one attached hydrogen (secondary N) is 2. The lowest BCUT2D eigenvalue weighted by Gasteiger charge is -2.29. The molecule has 1 aromatic heterocycles. The van der Waals surface area contributed by atoms with Crippen molar-refractivity contribution in [3.8, 4) is 0 Å². The number of amides is 2. The third-order valence-electron chi connectivity index (χ3n) is 4.58. The predicted molar refractivity (Wildman–Crippen MR) is 77.2 cm³/mol. The Hall–Kier alpha value is -1.89. The fourth-order valence-electron chi connectivity index (χ4n) is 3.13. The molecule has 7 nitrogen and oxygen atoms in total. The quantitative estimate of drug-likeness (QED) is 0.844. The van der Waals surface area contributed by atoms with Crippen LogP contribution in [-0.4, -0.2) is 52.2 Å². The number of ether oxygens (including phenoxy) is 1. The Bertz CT molecular complexity index is 602. The lowest BCUT2D eigenvalue weighted by Crippen LogP contribution is -2.42. The molecule has 2 amide bonds. The monoisotopic (exact) mass is 304 g/mol. The molecule has 118 valence electrons. The number of hydrogen-bond donors (Lipinski definition) is 2. The van der Waals surface area contributed by atoms with Crippen molar-refractivity contribution in [1.29, 1.82) is 0 Å². The van der Waals surface area contributed by atoms with E-state index in [1.54, 1.807) is 4.90 Å². The number of rotatable bonds is 3. The molecule has 3 heterocycles. The standard InChI is InChI=1S/C15H20N4O3/c20-14(16-9-3-4-9)13-10-8-19(6-5-11(10)17-18-13)15(21)12-2-1-7-22-12/h9,12H,1-8H2,(H,16,20)(H,17,18). The molecule has 2 aliphatic heterocycles. The summed E-state index contributed by atoms with van der Waals surface area (Å²) in [6, 6.07) is 0.299. The zero-order chi connectivity index (χ0) is 15.1. The topological polar surface area (TPSA) is 87.3 Å². The predicted octanol–water partition coefficient (Wildman–Crippen LogP) is 0.366. The fraction of sp³-hybridized carbons (Fsp3) is 0.667. The van der Waals surface area contributed by atoms with E-state index in [4.69, 9.17) is 4.74 Å². The molecule has 1 saturated carbocycles. The van der Waals surface area contributed by atoms with Crippen molar-refractivity contribution < 1.29 is 14.3 Å². The molecule has 0 spiro atoms. The zero-order valence-corrected chi connectivity index (χ0v) is 12.4. The second-order valence-electron chi connectivity index (χ2n) is 6.29. The van der Waals surface area contributed by atoms with Crippen LogP contribution in [-0.2, 0) is 22.5 Å². The Balaban J connectivity index is 1.50. The van der Waals surface area contributed by atoms with E-state index in [-0.39, 0.29) is 17.9 Å². The Morgan fingerprint density at radius 3 is 2.91 bits per heavy atom. The maximum Gasteiger partial charge on any atom is 0.272 e. The minimum absolute atomic E-state index is 0.0397. The third-order valence-corrected chi connectivity index (χ3v) is 4.58. The summed E-state index contributed by atoms with van der Waals surface area (Å²) in [6.07, 6.45) is 4.22. The van der Waals surface area contributed by atoms with Crippen molar-refractivity contribution in [3.05, 3.63) is 17.0 Å². The molecule has 0 aromatic carbocycles. The molecule has 22 heavy (non-hydrogen) atoms. The molecule has 1 aromatic rings. The van der Waals surface area contributed by atoms with Gasteiger partial charge in [0.05, 0.1) is 0 Å². The van der Waals surface area contributed by atoms with E-state index in [2.05, 4.69) is 15.5 Å². The van der Waals surface area contributed by atoms with Gasteiger partial charge >= 0.3 is 0 Å². The van der Waals surface area contributed by atoms with Gasteiger partial charge in [0.2, 0.25) is 0 Å². The van der Waals surface area contributed by atoms with Crippen LogP contribution < -0.4 is 5.32 Å². The molecule has 1 unspecified atom stereocenters. The van der Waals surface area contributed by atoms with Crippen LogP contribution in [0.3, 0.4) is 0 Å². The van der Waals surface area contributed by atoms with Crippen molar-refractivity contribution in [2.24, 2.45) is 0 Å². The molecule has 0 radical (unpaired) electrons. The van der Waals surface area contributed by atoms with Gasteiger partial charge in [-0.1, -0.05) is 0 Å². The Morgan fingerprint density at radius 1 is 1.32 bits per heavy atom. The summed E-state index contributed by atoms with van der Waals surface area (Å²) in [4.78, 5) is 26.5.